The number of halogens is 1. The first-order chi connectivity index (χ1) is 12.3. The van der Waals surface area contributed by atoms with Crippen LogP contribution in [0.1, 0.15) is 19.4 Å². The van der Waals surface area contributed by atoms with Gasteiger partial charge in [0.25, 0.3) is 0 Å². The normalized spacial score (nSPS) is 15.8. The van der Waals surface area contributed by atoms with E-state index in [0.717, 1.165) is 10.0 Å². The number of piperazine rings is 1. The number of rotatable bonds is 7. The van der Waals surface area contributed by atoms with E-state index in [4.69, 9.17) is 4.74 Å². The number of benzene rings is 1. The predicted octanol–water partition coefficient (Wildman–Crippen LogP) is 1.63. The number of nitrogens with zero attached hydrogens (tertiary/aromatic N) is 2. The van der Waals surface area contributed by atoms with Crippen LogP contribution >= 0.6 is 15.9 Å². The molecule has 1 N–H and O–H groups in total. The van der Waals surface area contributed by atoms with Crippen LogP contribution in [0.4, 0.5) is 0 Å². The van der Waals surface area contributed by atoms with E-state index < -0.39 is 5.41 Å². The third kappa shape index (κ3) is 5.53. The van der Waals surface area contributed by atoms with Gasteiger partial charge in [-0.25, -0.2) is 0 Å². The Morgan fingerprint density at radius 1 is 1.15 bits per heavy atom. The highest BCUT2D eigenvalue weighted by Crippen LogP contribution is 2.27. The van der Waals surface area contributed by atoms with Crippen molar-refractivity contribution in [3.63, 3.8) is 0 Å². The van der Waals surface area contributed by atoms with Crippen molar-refractivity contribution in [3.8, 4) is 0 Å². The molecule has 1 saturated heterocycles. The SMILES string of the molecule is COCCNC(=O)CN1CCN(C(=O)C(C)(C)c2ccc(Br)cc2)CC1. The van der Waals surface area contributed by atoms with E-state index in [0.29, 0.717) is 45.9 Å². The average Bonchev–Trinajstić information content (AvgIpc) is 2.62. The van der Waals surface area contributed by atoms with Crippen LogP contribution in [0.15, 0.2) is 28.7 Å². The van der Waals surface area contributed by atoms with Crippen molar-refractivity contribution in [2.45, 2.75) is 19.3 Å². The molecule has 0 saturated carbocycles. The van der Waals surface area contributed by atoms with Crippen molar-refractivity contribution < 1.29 is 14.3 Å². The molecule has 26 heavy (non-hydrogen) atoms. The summed E-state index contributed by atoms with van der Waals surface area (Å²) in [4.78, 5) is 28.9. The molecule has 0 bridgehead atoms. The van der Waals surface area contributed by atoms with Crippen molar-refractivity contribution in [3.05, 3.63) is 34.3 Å². The Hall–Kier alpha value is -1.44. The minimum absolute atomic E-state index is 0.00276. The summed E-state index contributed by atoms with van der Waals surface area (Å²) in [6.07, 6.45) is 0. The molecule has 1 aliphatic rings. The molecule has 2 rings (SSSR count). The van der Waals surface area contributed by atoms with Gasteiger partial charge in [0.15, 0.2) is 0 Å². The Balaban J connectivity index is 1.85. The minimum atomic E-state index is -0.569. The van der Waals surface area contributed by atoms with Gasteiger partial charge < -0.3 is 15.0 Å². The molecule has 1 aliphatic heterocycles. The lowest BCUT2D eigenvalue weighted by molar-refractivity contribution is -0.138. The summed E-state index contributed by atoms with van der Waals surface area (Å²) in [7, 11) is 1.61. The molecule has 0 radical (unpaired) electrons. The number of hydrogen-bond donors (Lipinski definition) is 1. The maximum Gasteiger partial charge on any atom is 0.234 e. The Morgan fingerprint density at radius 2 is 1.77 bits per heavy atom. The quantitative estimate of drug-likeness (QED) is 0.674. The van der Waals surface area contributed by atoms with E-state index in [1.165, 1.54) is 0 Å². The standard InChI is InChI=1S/C19H28BrN3O3/c1-19(2,15-4-6-16(20)7-5-15)18(25)23-11-9-22(10-12-23)14-17(24)21-8-13-26-3/h4-7H,8-14H2,1-3H3,(H,21,24). The van der Waals surface area contributed by atoms with Gasteiger partial charge in [-0.3, -0.25) is 14.5 Å². The molecule has 1 fully saturated rings. The number of ether oxygens (including phenoxy) is 1. The first-order valence-electron chi connectivity index (χ1n) is 8.88. The molecule has 0 spiro atoms. The molecule has 144 valence electrons. The maximum absolute atomic E-state index is 13.0. The minimum Gasteiger partial charge on any atom is -0.383 e. The fourth-order valence-corrected chi connectivity index (χ4v) is 3.31. The molecule has 6 nitrogen and oxygen atoms in total. The second kappa shape index (κ2) is 9.48. The van der Waals surface area contributed by atoms with Crippen LogP contribution in [-0.4, -0.2) is 74.6 Å². The van der Waals surface area contributed by atoms with E-state index in [1.54, 1.807) is 7.11 Å². The van der Waals surface area contributed by atoms with Crippen molar-refractivity contribution in [2.75, 3.05) is 53.0 Å². The lowest BCUT2D eigenvalue weighted by Gasteiger charge is -2.38. The first kappa shape index (κ1) is 20.9. The van der Waals surface area contributed by atoms with E-state index in [9.17, 15) is 9.59 Å². The van der Waals surface area contributed by atoms with Gasteiger partial charge in [0.2, 0.25) is 11.8 Å². The highest BCUT2D eigenvalue weighted by molar-refractivity contribution is 9.10. The van der Waals surface area contributed by atoms with Crippen molar-refractivity contribution in [1.82, 2.24) is 15.1 Å². The summed E-state index contributed by atoms with van der Waals surface area (Å²) < 4.78 is 5.92. The van der Waals surface area contributed by atoms with Crippen molar-refractivity contribution in [2.24, 2.45) is 0 Å². The smallest absolute Gasteiger partial charge is 0.234 e. The molecule has 0 atom stereocenters. The summed E-state index contributed by atoms with van der Waals surface area (Å²) in [6.45, 7) is 8.03. The zero-order chi connectivity index (χ0) is 19.2. The first-order valence-corrected chi connectivity index (χ1v) is 9.67. The number of carbonyl (C=O) groups excluding carboxylic acids is 2. The predicted molar refractivity (Wildman–Crippen MR) is 105 cm³/mol. The van der Waals surface area contributed by atoms with E-state index in [-0.39, 0.29) is 11.8 Å². The summed E-state index contributed by atoms with van der Waals surface area (Å²) in [5, 5.41) is 2.83. The molecule has 0 aromatic heterocycles. The second-order valence-electron chi connectivity index (χ2n) is 7.04. The van der Waals surface area contributed by atoms with Gasteiger partial charge in [-0.05, 0) is 31.5 Å². The van der Waals surface area contributed by atoms with Crippen LogP contribution in [0.2, 0.25) is 0 Å². The van der Waals surface area contributed by atoms with Gasteiger partial charge in [-0.15, -0.1) is 0 Å². The maximum atomic E-state index is 13.0. The molecule has 0 aliphatic carbocycles. The third-order valence-corrected chi connectivity index (χ3v) is 5.28. The lowest BCUT2D eigenvalue weighted by atomic mass is 9.83. The van der Waals surface area contributed by atoms with E-state index in [1.807, 2.05) is 43.0 Å². The molecule has 7 heteroatoms. The average molecular weight is 426 g/mol. The number of hydrogen-bond acceptors (Lipinski definition) is 4. The second-order valence-corrected chi connectivity index (χ2v) is 7.96. The van der Waals surface area contributed by atoms with Crippen LogP contribution in [-0.2, 0) is 19.7 Å². The van der Waals surface area contributed by atoms with Gasteiger partial charge in [0.05, 0.1) is 18.6 Å². The highest BCUT2D eigenvalue weighted by Gasteiger charge is 2.35. The number of carbonyl (C=O) groups is 2. The lowest BCUT2D eigenvalue weighted by Crippen LogP contribution is -2.54. The monoisotopic (exact) mass is 425 g/mol. The Labute approximate surface area is 164 Å². The fraction of sp³-hybridized carbons (Fsp3) is 0.579. The number of nitrogens with one attached hydrogen (secondary N) is 1. The Morgan fingerprint density at radius 3 is 2.35 bits per heavy atom. The molecule has 1 aromatic rings. The molecular formula is C19H28BrN3O3. The summed E-state index contributed by atoms with van der Waals surface area (Å²) in [5.41, 5.74) is 0.436. The summed E-state index contributed by atoms with van der Waals surface area (Å²) >= 11 is 3.43. The van der Waals surface area contributed by atoms with Crippen molar-refractivity contribution >= 4 is 27.7 Å². The van der Waals surface area contributed by atoms with Gasteiger partial charge in [0.1, 0.15) is 0 Å². The number of amides is 2. The largest absolute Gasteiger partial charge is 0.383 e. The van der Waals surface area contributed by atoms with Gasteiger partial charge in [-0.2, -0.15) is 0 Å². The van der Waals surface area contributed by atoms with Crippen LogP contribution in [0, 0.1) is 0 Å². The van der Waals surface area contributed by atoms with Crippen LogP contribution in [0.5, 0.6) is 0 Å². The molecule has 1 heterocycles. The Bertz CT molecular complexity index is 611. The summed E-state index contributed by atoms with van der Waals surface area (Å²) in [5.74, 6) is 0.126. The molecule has 2 amide bonds. The van der Waals surface area contributed by atoms with Crippen LogP contribution in [0.25, 0.3) is 0 Å². The van der Waals surface area contributed by atoms with Gasteiger partial charge in [0, 0.05) is 44.3 Å². The number of methoxy groups -OCH3 is 1. The van der Waals surface area contributed by atoms with Gasteiger partial charge in [-0.1, -0.05) is 28.1 Å². The molecule has 1 aromatic carbocycles. The summed E-state index contributed by atoms with van der Waals surface area (Å²) in [6, 6.07) is 7.90. The van der Waals surface area contributed by atoms with Crippen molar-refractivity contribution in [1.29, 1.82) is 0 Å². The third-order valence-electron chi connectivity index (χ3n) is 4.76. The highest BCUT2D eigenvalue weighted by atomic mass is 79.9. The van der Waals surface area contributed by atoms with E-state index >= 15 is 0 Å². The zero-order valence-corrected chi connectivity index (χ0v) is 17.3. The van der Waals surface area contributed by atoms with E-state index in [2.05, 4.69) is 26.1 Å². The topological polar surface area (TPSA) is 61.9 Å². The zero-order valence-electron chi connectivity index (χ0n) is 15.8. The molecule has 0 unspecified atom stereocenters. The van der Waals surface area contributed by atoms with Gasteiger partial charge >= 0.3 is 0 Å². The molecular weight excluding hydrogens is 398 g/mol. The van der Waals surface area contributed by atoms with Crippen LogP contribution in [0.3, 0.4) is 0 Å². The fourth-order valence-electron chi connectivity index (χ4n) is 3.05. The Kier molecular flexibility index (Phi) is 7.61. The van der Waals surface area contributed by atoms with Crippen LogP contribution < -0.4 is 5.32 Å².